The first kappa shape index (κ1) is 14.5. The molecule has 1 N–H and O–H groups in total. The van der Waals surface area contributed by atoms with E-state index in [0.717, 1.165) is 0 Å². The average molecular weight is 260 g/mol. The van der Waals surface area contributed by atoms with Crippen molar-refractivity contribution in [1.82, 2.24) is 10.2 Å². The van der Waals surface area contributed by atoms with Crippen molar-refractivity contribution in [3.8, 4) is 0 Å². The Morgan fingerprint density at radius 3 is 2.32 bits per heavy atom. The smallest absolute Gasteiger partial charge is 0.0501 e. The van der Waals surface area contributed by atoms with Gasteiger partial charge in [0.2, 0.25) is 0 Å². The number of benzene rings is 1. The molecule has 0 spiro atoms. The van der Waals surface area contributed by atoms with E-state index in [1.165, 1.54) is 43.5 Å². The van der Waals surface area contributed by atoms with E-state index in [1.54, 1.807) is 0 Å². The van der Waals surface area contributed by atoms with Crippen LogP contribution in [0.2, 0.25) is 0 Å². The van der Waals surface area contributed by atoms with E-state index in [0.29, 0.717) is 6.04 Å². The summed E-state index contributed by atoms with van der Waals surface area (Å²) in [4.78, 5) is 2.66. The standard InChI is InChI=1S/C17H28N2/c1-14-10-6-7-11-15(14)16(18-4)17(2,3)19-12-8-5-9-13-19/h6-7,10-11,16,18H,5,8-9,12-13H2,1-4H3. The van der Waals surface area contributed by atoms with Crippen LogP contribution < -0.4 is 5.32 Å². The molecule has 2 heteroatoms. The van der Waals surface area contributed by atoms with Crippen LogP contribution in [0.15, 0.2) is 24.3 Å². The minimum atomic E-state index is 0.154. The van der Waals surface area contributed by atoms with Gasteiger partial charge >= 0.3 is 0 Å². The maximum absolute atomic E-state index is 3.56. The summed E-state index contributed by atoms with van der Waals surface area (Å²) in [5, 5.41) is 3.56. The minimum Gasteiger partial charge on any atom is -0.311 e. The first-order chi connectivity index (χ1) is 9.07. The topological polar surface area (TPSA) is 15.3 Å². The molecule has 1 fully saturated rings. The van der Waals surface area contributed by atoms with Crippen LogP contribution in [0.3, 0.4) is 0 Å². The molecule has 0 amide bonds. The third-order valence-corrected chi connectivity index (χ3v) is 4.67. The van der Waals surface area contributed by atoms with E-state index in [4.69, 9.17) is 0 Å². The summed E-state index contributed by atoms with van der Waals surface area (Å²) in [6, 6.07) is 9.14. The summed E-state index contributed by atoms with van der Waals surface area (Å²) in [7, 11) is 2.09. The fourth-order valence-electron chi connectivity index (χ4n) is 3.45. The molecule has 106 valence electrons. The second-order valence-electron chi connectivity index (χ2n) is 6.28. The zero-order chi connectivity index (χ0) is 13.9. The van der Waals surface area contributed by atoms with Crippen molar-refractivity contribution < 1.29 is 0 Å². The average Bonchev–Trinajstić information content (AvgIpc) is 2.42. The minimum absolute atomic E-state index is 0.154. The first-order valence-corrected chi connectivity index (χ1v) is 7.55. The Bertz CT molecular complexity index is 405. The molecule has 0 aromatic heterocycles. The lowest BCUT2D eigenvalue weighted by atomic mass is 9.84. The number of rotatable bonds is 4. The van der Waals surface area contributed by atoms with Crippen molar-refractivity contribution in [2.24, 2.45) is 0 Å². The number of aryl methyl sites for hydroxylation is 1. The van der Waals surface area contributed by atoms with Crippen molar-refractivity contribution in [3.63, 3.8) is 0 Å². The van der Waals surface area contributed by atoms with Crippen LogP contribution in [0.4, 0.5) is 0 Å². The van der Waals surface area contributed by atoms with E-state index >= 15 is 0 Å². The predicted molar refractivity (Wildman–Crippen MR) is 82.5 cm³/mol. The molecule has 19 heavy (non-hydrogen) atoms. The molecule has 1 heterocycles. The molecular formula is C17H28N2. The molecule has 0 saturated carbocycles. The normalized spacial score (nSPS) is 19.4. The molecule has 0 aliphatic carbocycles. The van der Waals surface area contributed by atoms with Crippen LogP contribution in [0, 0.1) is 6.92 Å². The van der Waals surface area contributed by atoms with Gasteiger partial charge in [-0.25, -0.2) is 0 Å². The van der Waals surface area contributed by atoms with Gasteiger partial charge in [0, 0.05) is 5.54 Å². The Morgan fingerprint density at radius 1 is 1.11 bits per heavy atom. The summed E-state index contributed by atoms with van der Waals surface area (Å²) in [5.41, 5.74) is 2.97. The second-order valence-corrected chi connectivity index (χ2v) is 6.28. The van der Waals surface area contributed by atoms with Crippen molar-refractivity contribution in [2.75, 3.05) is 20.1 Å². The molecule has 1 aromatic carbocycles. The van der Waals surface area contributed by atoms with Crippen molar-refractivity contribution in [3.05, 3.63) is 35.4 Å². The van der Waals surface area contributed by atoms with Crippen LogP contribution in [0.1, 0.15) is 50.3 Å². The zero-order valence-corrected chi connectivity index (χ0v) is 12.9. The number of nitrogens with zero attached hydrogens (tertiary/aromatic N) is 1. The number of hydrogen-bond donors (Lipinski definition) is 1. The number of likely N-dealkylation sites (tertiary alicyclic amines) is 1. The fourth-order valence-corrected chi connectivity index (χ4v) is 3.45. The monoisotopic (exact) mass is 260 g/mol. The summed E-state index contributed by atoms with van der Waals surface area (Å²) in [6.45, 7) is 9.44. The molecule has 1 aliphatic heterocycles. The quantitative estimate of drug-likeness (QED) is 0.891. The highest BCUT2D eigenvalue weighted by Crippen LogP contribution is 2.34. The van der Waals surface area contributed by atoms with Gasteiger partial charge in [-0.15, -0.1) is 0 Å². The third kappa shape index (κ3) is 3.01. The van der Waals surface area contributed by atoms with E-state index < -0.39 is 0 Å². The van der Waals surface area contributed by atoms with Gasteiger partial charge in [0.1, 0.15) is 0 Å². The zero-order valence-electron chi connectivity index (χ0n) is 12.9. The highest BCUT2D eigenvalue weighted by molar-refractivity contribution is 5.31. The van der Waals surface area contributed by atoms with Crippen LogP contribution in [0.25, 0.3) is 0 Å². The number of nitrogens with one attached hydrogen (secondary N) is 1. The number of hydrogen-bond acceptors (Lipinski definition) is 2. The van der Waals surface area contributed by atoms with Gasteiger partial charge < -0.3 is 5.32 Å². The largest absolute Gasteiger partial charge is 0.311 e. The lowest BCUT2D eigenvalue weighted by Gasteiger charge is -2.46. The van der Waals surface area contributed by atoms with Gasteiger partial charge in [-0.05, 0) is 64.9 Å². The van der Waals surface area contributed by atoms with E-state index in [9.17, 15) is 0 Å². The maximum atomic E-state index is 3.56. The molecule has 1 aliphatic rings. The summed E-state index contributed by atoms with van der Waals surface area (Å²) in [6.07, 6.45) is 4.07. The second kappa shape index (κ2) is 6.06. The van der Waals surface area contributed by atoms with Crippen LogP contribution in [0.5, 0.6) is 0 Å². The van der Waals surface area contributed by atoms with Gasteiger partial charge in [-0.1, -0.05) is 30.7 Å². The Kier molecular flexibility index (Phi) is 4.64. The number of piperidine rings is 1. The van der Waals surface area contributed by atoms with Crippen molar-refractivity contribution >= 4 is 0 Å². The summed E-state index contributed by atoms with van der Waals surface area (Å²) < 4.78 is 0. The molecule has 0 bridgehead atoms. The number of likely N-dealkylation sites (N-methyl/N-ethyl adjacent to an activating group) is 1. The van der Waals surface area contributed by atoms with Crippen molar-refractivity contribution in [1.29, 1.82) is 0 Å². The van der Waals surface area contributed by atoms with E-state index in [2.05, 4.69) is 62.3 Å². The third-order valence-electron chi connectivity index (χ3n) is 4.67. The van der Waals surface area contributed by atoms with E-state index in [-0.39, 0.29) is 5.54 Å². The molecule has 2 rings (SSSR count). The van der Waals surface area contributed by atoms with Gasteiger partial charge in [-0.3, -0.25) is 4.90 Å². The molecule has 1 aromatic rings. The molecule has 1 atom stereocenters. The van der Waals surface area contributed by atoms with Crippen LogP contribution >= 0.6 is 0 Å². The highest BCUT2D eigenvalue weighted by atomic mass is 15.2. The summed E-state index contributed by atoms with van der Waals surface area (Å²) in [5.74, 6) is 0. The van der Waals surface area contributed by atoms with Crippen molar-refractivity contribution in [2.45, 2.75) is 51.6 Å². The SMILES string of the molecule is CNC(c1ccccc1C)C(C)(C)N1CCCCC1. The van der Waals surface area contributed by atoms with Gasteiger partial charge in [0.15, 0.2) is 0 Å². The Labute approximate surface area is 118 Å². The van der Waals surface area contributed by atoms with Crippen LogP contribution in [-0.2, 0) is 0 Å². The lowest BCUT2D eigenvalue weighted by molar-refractivity contribution is 0.0631. The Balaban J connectivity index is 2.27. The molecule has 0 radical (unpaired) electrons. The predicted octanol–water partition coefficient (Wildman–Crippen LogP) is 3.52. The van der Waals surface area contributed by atoms with Gasteiger partial charge in [0.25, 0.3) is 0 Å². The molecular weight excluding hydrogens is 232 g/mol. The first-order valence-electron chi connectivity index (χ1n) is 7.55. The molecule has 2 nitrogen and oxygen atoms in total. The summed E-state index contributed by atoms with van der Waals surface area (Å²) >= 11 is 0. The van der Waals surface area contributed by atoms with E-state index in [1.807, 2.05) is 0 Å². The maximum Gasteiger partial charge on any atom is 0.0501 e. The van der Waals surface area contributed by atoms with Gasteiger partial charge in [0.05, 0.1) is 6.04 Å². The Hall–Kier alpha value is -0.860. The molecule has 1 saturated heterocycles. The molecule has 1 unspecified atom stereocenters. The fraction of sp³-hybridized carbons (Fsp3) is 0.647. The van der Waals surface area contributed by atoms with Crippen LogP contribution in [-0.4, -0.2) is 30.6 Å². The Morgan fingerprint density at radius 2 is 1.74 bits per heavy atom. The van der Waals surface area contributed by atoms with Gasteiger partial charge in [-0.2, -0.15) is 0 Å². The highest BCUT2D eigenvalue weighted by Gasteiger charge is 2.36. The lowest BCUT2D eigenvalue weighted by Crippen LogP contribution is -2.53.